The monoisotopic (exact) mass is 351 g/mol. The topological polar surface area (TPSA) is 70.6 Å². The van der Waals surface area contributed by atoms with Crippen LogP contribution in [0.2, 0.25) is 0 Å². The largest absolute Gasteiger partial charge is 0.352 e. The molecule has 0 saturated heterocycles. The number of hydrogen-bond acceptors (Lipinski definition) is 5. The Balaban J connectivity index is 0.000000433. The molecule has 1 aromatic rings. The van der Waals surface area contributed by atoms with Gasteiger partial charge in [-0.2, -0.15) is 8.42 Å². The van der Waals surface area contributed by atoms with Crippen molar-refractivity contribution in [3.63, 3.8) is 0 Å². The maximum Gasteiger partial charge on any atom is 0.272 e. The highest BCUT2D eigenvalue weighted by atomic mass is 32.2. The van der Waals surface area contributed by atoms with E-state index in [9.17, 15) is 8.42 Å². The van der Waals surface area contributed by atoms with E-state index >= 15 is 0 Å². The lowest BCUT2D eigenvalue weighted by molar-refractivity contribution is -0.671. The maximum atomic E-state index is 11.0. The van der Waals surface area contributed by atoms with Crippen LogP contribution in [0.5, 0.6) is 0 Å². The molecule has 0 aliphatic carbocycles. The molecule has 0 spiro atoms. The standard InChI is InChI=1S/C8H15N2.C7H16O5S/c1-3-4-5-10-7-6-9(2)8-10;1-4-11-7(12-5-2)6-13(8,9)10-3/h6-8H,3-5H2,1-2H3;7H,4-6H2,1-3H3/q+1;. The van der Waals surface area contributed by atoms with E-state index in [2.05, 4.69) is 39.0 Å². The van der Waals surface area contributed by atoms with Gasteiger partial charge in [-0.1, -0.05) is 13.3 Å². The van der Waals surface area contributed by atoms with Gasteiger partial charge in [-0.05, 0) is 20.3 Å². The second-order valence-electron chi connectivity index (χ2n) is 4.90. The third-order valence-corrected chi connectivity index (χ3v) is 4.08. The van der Waals surface area contributed by atoms with Crippen LogP contribution in [0.25, 0.3) is 0 Å². The first-order chi connectivity index (χ1) is 10.9. The Labute approximate surface area is 140 Å². The Kier molecular flexibility index (Phi) is 11.9. The summed E-state index contributed by atoms with van der Waals surface area (Å²) in [7, 11) is -0.354. The highest BCUT2D eigenvalue weighted by Gasteiger charge is 2.18. The van der Waals surface area contributed by atoms with Crippen LogP contribution in [0.4, 0.5) is 0 Å². The summed E-state index contributed by atoms with van der Waals surface area (Å²) in [5.41, 5.74) is 0. The second kappa shape index (κ2) is 12.5. The summed E-state index contributed by atoms with van der Waals surface area (Å²) in [5, 5.41) is 0. The summed E-state index contributed by atoms with van der Waals surface area (Å²) in [6.45, 7) is 7.71. The third kappa shape index (κ3) is 11.2. The van der Waals surface area contributed by atoms with Crippen LogP contribution < -0.4 is 4.57 Å². The minimum atomic E-state index is -3.51. The van der Waals surface area contributed by atoms with Crippen molar-refractivity contribution < 1.29 is 26.6 Å². The van der Waals surface area contributed by atoms with E-state index < -0.39 is 16.4 Å². The van der Waals surface area contributed by atoms with E-state index in [1.54, 1.807) is 13.8 Å². The fraction of sp³-hybridized carbons (Fsp3) is 0.800. The summed E-state index contributed by atoms with van der Waals surface area (Å²) in [6, 6.07) is 0. The molecule has 0 unspecified atom stereocenters. The molecule has 0 aromatic carbocycles. The number of nitrogens with zero attached hydrogens (tertiary/aromatic N) is 2. The number of aryl methyl sites for hydroxylation is 2. The van der Waals surface area contributed by atoms with E-state index in [1.165, 1.54) is 12.8 Å². The van der Waals surface area contributed by atoms with Gasteiger partial charge in [0.05, 0.1) is 20.7 Å². The van der Waals surface area contributed by atoms with Crippen molar-refractivity contribution in [1.29, 1.82) is 0 Å². The van der Waals surface area contributed by atoms with Gasteiger partial charge in [0, 0.05) is 13.2 Å². The summed E-state index contributed by atoms with van der Waals surface area (Å²) in [5.74, 6) is -0.273. The van der Waals surface area contributed by atoms with Crippen LogP contribution in [0.15, 0.2) is 18.7 Å². The van der Waals surface area contributed by atoms with Crippen molar-refractivity contribution in [2.45, 2.75) is 46.4 Å². The van der Waals surface area contributed by atoms with Crippen molar-refractivity contribution >= 4 is 10.1 Å². The molecule has 0 fully saturated rings. The van der Waals surface area contributed by atoms with E-state index in [0.29, 0.717) is 13.2 Å². The normalized spacial score (nSPS) is 11.4. The lowest BCUT2D eigenvalue weighted by Crippen LogP contribution is -2.27. The van der Waals surface area contributed by atoms with Crippen molar-refractivity contribution in [3.05, 3.63) is 18.7 Å². The van der Waals surface area contributed by atoms with Gasteiger partial charge >= 0.3 is 0 Å². The van der Waals surface area contributed by atoms with Crippen molar-refractivity contribution in [1.82, 2.24) is 4.57 Å². The maximum absolute atomic E-state index is 11.0. The fourth-order valence-corrected chi connectivity index (χ4v) is 2.39. The zero-order valence-electron chi connectivity index (χ0n) is 14.9. The quantitative estimate of drug-likeness (QED) is 0.363. The summed E-state index contributed by atoms with van der Waals surface area (Å²) in [4.78, 5) is 0. The SMILES string of the molecule is CCCCn1cc[n+](C)c1.CCOC(CS(=O)(=O)OC)OCC. The Hall–Kier alpha value is -0.960. The van der Waals surface area contributed by atoms with E-state index in [-0.39, 0.29) is 5.75 Å². The molecule has 0 N–H and O–H groups in total. The molecular weight excluding hydrogens is 320 g/mol. The fourth-order valence-electron chi connectivity index (χ4n) is 1.73. The Morgan fingerprint density at radius 1 is 1.17 bits per heavy atom. The molecule has 1 heterocycles. The number of imidazole rings is 1. The molecule has 7 nitrogen and oxygen atoms in total. The number of hydrogen-bond donors (Lipinski definition) is 0. The van der Waals surface area contributed by atoms with Gasteiger partial charge in [-0.15, -0.1) is 0 Å². The van der Waals surface area contributed by atoms with Crippen LogP contribution in [0.3, 0.4) is 0 Å². The Morgan fingerprint density at radius 3 is 2.17 bits per heavy atom. The molecule has 0 amide bonds. The zero-order valence-corrected chi connectivity index (χ0v) is 15.7. The van der Waals surface area contributed by atoms with Crippen LogP contribution >= 0.6 is 0 Å². The van der Waals surface area contributed by atoms with Gasteiger partial charge in [-0.3, -0.25) is 4.18 Å². The number of ether oxygens (including phenoxy) is 2. The van der Waals surface area contributed by atoms with Gasteiger partial charge in [0.25, 0.3) is 10.1 Å². The highest BCUT2D eigenvalue weighted by molar-refractivity contribution is 7.86. The summed E-state index contributed by atoms with van der Waals surface area (Å²) in [6.07, 6.45) is 8.08. The molecular formula is C15H31N2O5S+. The first-order valence-corrected chi connectivity index (χ1v) is 9.48. The van der Waals surface area contributed by atoms with Gasteiger partial charge < -0.3 is 9.47 Å². The molecule has 1 rings (SSSR count). The van der Waals surface area contributed by atoms with Crippen molar-refractivity contribution in [2.24, 2.45) is 7.05 Å². The van der Waals surface area contributed by atoms with E-state index in [1.807, 2.05) is 7.05 Å². The summed E-state index contributed by atoms with van der Waals surface area (Å²) < 4.78 is 40.6. The molecule has 0 aliphatic heterocycles. The number of aromatic nitrogens is 2. The molecule has 0 atom stereocenters. The molecule has 0 radical (unpaired) electrons. The first-order valence-electron chi connectivity index (χ1n) is 7.90. The van der Waals surface area contributed by atoms with Gasteiger partial charge in [0.1, 0.15) is 18.1 Å². The second-order valence-corrected chi connectivity index (χ2v) is 6.68. The molecule has 136 valence electrons. The van der Waals surface area contributed by atoms with Crippen LogP contribution in [-0.4, -0.2) is 45.4 Å². The van der Waals surface area contributed by atoms with E-state index in [4.69, 9.17) is 9.47 Å². The average Bonchev–Trinajstić information content (AvgIpc) is 2.91. The molecule has 0 bridgehead atoms. The minimum Gasteiger partial charge on any atom is -0.352 e. The van der Waals surface area contributed by atoms with Crippen molar-refractivity contribution in [2.75, 3.05) is 26.1 Å². The van der Waals surface area contributed by atoms with Crippen LogP contribution in [-0.2, 0) is 37.4 Å². The zero-order chi connectivity index (χ0) is 17.7. The molecule has 1 aromatic heterocycles. The van der Waals surface area contributed by atoms with E-state index in [0.717, 1.165) is 13.7 Å². The van der Waals surface area contributed by atoms with Crippen LogP contribution in [0, 0.1) is 0 Å². The lowest BCUT2D eigenvalue weighted by Gasteiger charge is -2.15. The van der Waals surface area contributed by atoms with Gasteiger partial charge in [-0.25, -0.2) is 9.13 Å². The summed E-state index contributed by atoms with van der Waals surface area (Å²) >= 11 is 0. The molecule has 8 heteroatoms. The smallest absolute Gasteiger partial charge is 0.272 e. The van der Waals surface area contributed by atoms with Crippen molar-refractivity contribution in [3.8, 4) is 0 Å². The lowest BCUT2D eigenvalue weighted by atomic mass is 10.3. The van der Waals surface area contributed by atoms with Crippen LogP contribution in [0.1, 0.15) is 33.6 Å². The van der Waals surface area contributed by atoms with Gasteiger partial charge in [0.15, 0.2) is 6.29 Å². The number of rotatable bonds is 10. The predicted octanol–water partition coefficient (Wildman–Crippen LogP) is 1.47. The third-order valence-electron chi connectivity index (χ3n) is 2.89. The van der Waals surface area contributed by atoms with Gasteiger partial charge in [0.2, 0.25) is 6.33 Å². The molecule has 0 aliphatic rings. The predicted molar refractivity (Wildman–Crippen MR) is 88.4 cm³/mol. The highest BCUT2D eigenvalue weighted by Crippen LogP contribution is 2.01. The Bertz CT molecular complexity index is 496. The minimum absolute atomic E-state index is 0.273. The molecule has 23 heavy (non-hydrogen) atoms. The molecule has 0 saturated carbocycles. The Morgan fingerprint density at radius 2 is 1.78 bits per heavy atom. The average molecular weight is 351 g/mol. The number of unbranched alkanes of at least 4 members (excludes halogenated alkanes) is 1. The first kappa shape index (κ1) is 22.0.